The second-order valence-corrected chi connectivity index (χ2v) is 8.37. The van der Waals surface area contributed by atoms with Crippen molar-refractivity contribution in [1.82, 2.24) is 20.0 Å². The highest BCUT2D eigenvalue weighted by Gasteiger charge is 2.21. The van der Waals surface area contributed by atoms with Crippen molar-refractivity contribution in [3.8, 4) is 0 Å². The molecule has 1 saturated carbocycles. The number of carbonyl (C=O) groups is 1. The Labute approximate surface area is 155 Å². The summed E-state index contributed by atoms with van der Waals surface area (Å²) in [4.78, 5) is 19.3. The topological polar surface area (TPSA) is 38.8 Å². The van der Waals surface area contributed by atoms with Crippen molar-refractivity contribution in [2.75, 3.05) is 52.9 Å². The van der Waals surface area contributed by atoms with Crippen LogP contribution in [0.3, 0.4) is 0 Å². The van der Waals surface area contributed by atoms with Crippen LogP contribution in [0.1, 0.15) is 58.8 Å². The molecule has 0 aromatic rings. The molecule has 5 heteroatoms. The van der Waals surface area contributed by atoms with Crippen LogP contribution in [-0.4, -0.2) is 79.6 Å². The first kappa shape index (κ1) is 20.5. The van der Waals surface area contributed by atoms with Crippen molar-refractivity contribution in [3.05, 3.63) is 0 Å². The van der Waals surface area contributed by atoms with E-state index in [1.165, 1.54) is 45.1 Å². The van der Waals surface area contributed by atoms with Crippen molar-refractivity contribution in [2.24, 2.45) is 5.92 Å². The van der Waals surface area contributed by atoms with Crippen LogP contribution >= 0.6 is 0 Å². The molecule has 2 fully saturated rings. The fourth-order valence-electron chi connectivity index (χ4n) is 3.96. The monoisotopic (exact) mass is 352 g/mol. The highest BCUT2D eigenvalue weighted by atomic mass is 16.2. The summed E-state index contributed by atoms with van der Waals surface area (Å²) < 4.78 is 0. The summed E-state index contributed by atoms with van der Waals surface area (Å²) in [6, 6.07) is 0.896. The van der Waals surface area contributed by atoms with Crippen LogP contribution in [0.5, 0.6) is 0 Å². The van der Waals surface area contributed by atoms with Crippen LogP contribution in [0.25, 0.3) is 0 Å². The molecule has 1 saturated heterocycles. The van der Waals surface area contributed by atoms with Gasteiger partial charge in [0.25, 0.3) is 0 Å². The minimum absolute atomic E-state index is 0.129. The van der Waals surface area contributed by atoms with E-state index in [0.717, 1.165) is 57.6 Å². The molecule has 0 aromatic carbocycles. The number of piperazine rings is 1. The molecule has 2 rings (SSSR count). The van der Waals surface area contributed by atoms with E-state index in [1.54, 1.807) is 0 Å². The summed E-state index contributed by atoms with van der Waals surface area (Å²) >= 11 is 0. The molecular formula is C20H40N4O. The van der Waals surface area contributed by atoms with Crippen LogP contribution < -0.4 is 5.32 Å². The van der Waals surface area contributed by atoms with Crippen molar-refractivity contribution in [3.63, 3.8) is 0 Å². The zero-order valence-electron chi connectivity index (χ0n) is 16.8. The standard InChI is InChI=1S/C20H40N4O/c1-18(2)10-13-23-14-16-24(17-15-23)20(25)21-11-7-12-22(3)19-8-5-4-6-9-19/h18-19H,4-17H2,1-3H3,(H,21,25). The van der Waals surface area contributed by atoms with E-state index in [9.17, 15) is 4.79 Å². The lowest BCUT2D eigenvalue weighted by Crippen LogP contribution is -2.52. The van der Waals surface area contributed by atoms with Gasteiger partial charge in [-0.05, 0) is 51.7 Å². The third-order valence-corrected chi connectivity index (χ3v) is 5.84. The number of nitrogens with one attached hydrogen (secondary N) is 1. The highest BCUT2D eigenvalue weighted by molar-refractivity contribution is 5.74. The minimum Gasteiger partial charge on any atom is -0.338 e. The number of hydrogen-bond acceptors (Lipinski definition) is 3. The molecule has 0 bridgehead atoms. The van der Waals surface area contributed by atoms with Gasteiger partial charge in [0.15, 0.2) is 0 Å². The molecule has 0 spiro atoms. The number of amides is 2. The summed E-state index contributed by atoms with van der Waals surface area (Å²) in [7, 11) is 2.24. The Morgan fingerprint density at radius 1 is 1.12 bits per heavy atom. The molecule has 0 radical (unpaired) electrons. The third-order valence-electron chi connectivity index (χ3n) is 5.84. The maximum Gasteiger partial charge on any atom is 0.317 e. The van der Waals surface area contributed by atoms with Crippen LogP contribution in [0.2, 0.25) is 0 Å². The van der Waals surface area contributed by atoms with Crippen LogP contribution in [0.15, 0.2) is 0 Å². The quantitative estimate of drug-likeness (QED) is 0.683. The van der Waals surface area contributed by atoms with Gasteiger partial charge in [0.05, 0.1) is 0 Å². The summed E-state index contributed by atoms with van der Waals surface area (Å²) in [6.45, 7) is 11.4. The highest BCUT2D eigenvalue weighted by Crippen LogP contribution is 2.21. The molecule has 1 aliphatic carbocycles. The lowest BCUT2D eigenvalue weighted by molar-refractivity contribution is 0.135. The van der Waals surface area contributed by atoms with Gasteiger partial charge in [-0.15, -0.1) is 0 Å². The lowest BCUT2D eigenvalue weighted by atomic mass is 9.94. The first-order chi connectivity index (χ1) is 12.1. The summed E-state index contributed by atoms with van der Waals surface area (Å²) in [5.74, 6) is 0.757. The summed E-state index contributed by atoms with van der Waals surface area (Å²) in [6.07, 6.45) is 9.18. The number of carbonyl (C=O) groups excluding carboxylic acids is 1. The average Bonchev–Trinajstić information content (AvgIpc) is 2.64. The van der Waals surface area contributed by atoms with Crippen molar-refractivity contribution in [1.29, 1.82) is 0 Å². The van der Waals surface area contributed by atoms with Crippen LogP contribution in [-0.2, 0) is 0 Å². The van der Waals surface area contributed by atoms with Gasteiger partial charge in [0, 0.05) is 38.8 Å². The second-order valence-electron chi connectivity index (χ2n) is 8.37. The molecule has 0 atom stereocenters. The van der Waals surface area contributed by atoms with E-state index in [1.807, 2.05) is 4.90 Å². The van der Waals surface area contributed by atoms with Gasteiger partial charge < -0.3 is 15.1 Å². The number of urea groups is 1. The second kappa shape index (κ2) is 11.0. The summed E-state index contributed by atoms with van der Waals surface area (Å²) in [5.41, 5.74) is 0. The predicted molar refractivity (Wildman–Crippen MR) is 105 cm³/mol. The maximum absolute atomic E-state index is 12.3. The molecule has 146 valence electrons. The number of rotatable bonds is 8. The van der Waals surface area contributed by atoms with E-state index in [4.69, 9.17) is 0 Å². The molecule has 2 amide bonds. The van der Waals surface area contributed by atoms with Crippen molar-refractivity contribution < 1.29 is 4.79 Å². The number of nitrogens with zero attached hydrogens (tertiary/aromatic N) is 3. The molecule has 1 N–H and O–H groups in total. The Balaban J connectivity index is 1.53. The Bertz CT molecular complexity index is 374. The van der Waals surface area contributed by atoms with E-state index >= 15 is 0 Å². The van der Waals surface area contributed by atoms with E-state index in [0.29, 0.717) is 0 Å². The molecule has 2 aliphatic rings. The zero-order chi connectivity index (χ0) is 18.1. The van der Waals surface area contributed by atoms with Crippen LogP contribution in [0.4, 0.5) is 4.79 Å². The molecular weight excluding hydrogens is 312 g/mol. The van der Waals surface area contributed by atoms with Gasteiger partial charge in [-0.1, -0.05) is 33.1 Å². The van der Waals surface area contributed by atoms with Gasteiger partial charge in [0.1, 0.15) is 0 Å². The lowest BCUT2D eigenvalue weighted by Gasteiger charge is -2.35. The fourth-order valence-corrected chi connectivity index (χ4v) is 3.96. The van der Waals surface area contributed by atoms with Gasteiger partial charge in [0.2, 0.25) is 0 Å². The van der Waals surface area contributed by atoms with Crippen molar-refractivity contribution in [2.45, 2.75) is 64.8 Å². The first-order valence-electron chi connectivity index (χ1n) is 10.5. The fraction of sp³-hybridized carbons (Fsp3) is 0.950. The Morgan fingerprint density at radius 3 is 2.44 bits per heavy atom. The molecule has 0 aromatic heterocycles. The van der Waals surface area contributed by atoms with Crippen LogP contribution in [0, 0.1) is 5.92 Å². The smallest absolute Gasteiger partial charge is 0.317 e. The Morgan fingerprint density at radius 2 is 1.80 bits per heavy atom. The number of hydrogen-bond donors (Lipinski definition) is 1. The zero-order valence-corrected chi connectivity index (χ0v) is 16.8. The maximum atomic E-state index is 12.3. The molecule has 0 unspecified atom stereocenters. The minimum atomic E-state index is 0.129. The Kier molecular flexibility index (Phi) is 9.04. The van der Waals surface area contributed by atoms with Gasteiger partial charge in [-0.3, -0.25) is 4.90 Å². The largest absolute Gasteiger partial charge is 0.338 e. The van der Waals surface area contributed by atoms with Gasteiger partial charge in [-0.25, -0.2) is 4.79 Å². The SMILES string of the molecule is CC(C)CCN1CCN(C(=O)NCCCN(C)C2CCCCC2)CC1. The van der Waals surface area contributed by atoms with E-state index in [2.05, 4.69) is 36.0 Å². The Hall–Kier alpha value is -0.810. The molecule has 5 nitrogen and oxygen atoms in total. The molecule has 1 aliphatic heterocycles. The van der Waals surface area contributed by atoms with Crippen molar-refractivity contribution >= 4 is 6.03 Å². The summed E-state index contributed by atoms with van der Waals surface area (Å²) in [5, 5.41) is 3.12. The first-order valence-corrected chi connectivity index (χ1v) is 10.5. The van der Waals surface area contributed by atoms with Gasteiger partial charge >= 0.3 is 6.03 Å². The van der Waals surface area contributed by atoms with E-state index in [-0.39, 0.29) is 6.03 Å². The normalized spacial score (nSPS) is 20.4. The molecule has 1 heterocycles. The van der Waals surface area contributed by atoms with Gasteiger partial charge in [-0.2, -0.15) is 0 Å². The molecule has 25 heavy (non-hydrogen) atoms. The predicted octanol–water partition coefficient (Wildman–Crippen LogP) is 3.01. The average molecular weight is 353 g/mol. The van der Waals surface area contributed by atoms with E-state index < -0.39 is 0 Å². The third kappa shape index (κ3) is 7.53.